The fraction of sp³-hybridized carbons (Fsp3) is 0.750. The second-order valence-corrected chi connectivity index (χ2v) is 4.74. The Bertz CT molecular complexity index is 374. The number of aryl methyl sites for hydroxylation is 1. The minimum atomic E-state index is -0.118. The van der Waals surface area contributed by atoms with E-state index in [1.54, 1.807) is 11.9 Å². The lowest BCUT2D eigenvalue weighted by molar-refractivity contribution is 0.0779. The van der Waals surface area contributed by atoms with Crippen molar-refractivity contribution in [3.63, 3.8) is 0 Å². The van der Waals surface area contributed by atoms with Gasteiger partial charge in [-0.1, -0.05) is 6.92 Å². The summed E-state index contributed by atoms with van der Waals surface area (Å²) in [6.07, 6.45) is 2.76. The van der Waals surface area contributed by atoms with E-state index < -0.39 is 0 Å². The molecule has 1 heterocycles. The van der Waals surface area contributed by atoms with E-state index in [4.69, 9.17) is 0 Å². The van der Waals surface area contributed by atoms with Crippen molar-refractivity contribution in [3.8, 4) is 0 Å². The number of rotatable bonds is 7. The molecule has 0 unspecified atom stereocenters. The van der Waals surface area contributed by atoms with Crippen molar-refractivity contribution >= 4 is 5.91 Å². The molecular weight excluding hydrogens is 230 g/mol. The largest absolute Gasteiger partial charge is 0.339 e. The summed E-state index contributed by atoms with van der Waals surface area (Å²) in [4.78, 5) is 20.0. The topological polar surface area (TPSA) is 65.1 Å². The van der Waals surface area contributed by atoms with Crippen LogP contribution in [0.1, 0.15) is 36.2 Å². The number of aromatic nitrogens is 3. The first-order valence-corrected chi connectivity index (χ1v) is 6.36. The van der Waals surface area contributed by atoms with Crippen molar-refractivity contribution in [1.82, 2.24) is 25.0 Å². The summed E-state index contributed by atoms with van der Waals surface area (Å²) >= 11 is 0. The maximum absolute atomic E-state index is 12.0. The fourth-order valence-corrected chi connectivity index (χ4v) is 1.64. The molecule has 0 aliphatic carbocycles. The Kier molecular flexibility index (Phi) is 5.77. The molecule has 0 spiro atoms. The van der Waals surface area contributed by atoms with E-state index in [0.29, 0.717) is 6.54 Å². The normalized spacial score (nSPS) is 10.9. The smallest absolute Gasteiger partial charge is 0.293 e. The van der Waals surface area contributed by atoms with Gasteiger partial charge in [0.25, 0.3) is 5.91 Å². The molecule has 0 aliphatic rings. The van der Waals surface area contributed by atoms with Crippen LogP contribution >= 0.6 is 0 Å². The lowest BCUT2D eigenvalue weighted by Crippen LogP contribution is -2.30. The Morgan fingerprint density at radius 3 is 2.61 bits per heavy atom. The quantitative estimate of drug-likeness (QED) is 0.780. The highest BCUT2D eigenvalue weighted by Gasteiger charge is 2.16. The molecule has 0 atom stereocenters. The highest BCUT2D eigenvalue weighted by molar-refractivity contribution is 5.90. The summed E-state index contributed by atoms with van der Waals surface area (Å²) in [5.41, 5.74) is 0. The highest BCUT2D eigenvalue weighted by atomic mass is 16.2. The lowest BCUT2D eigenvalue weighted by atomic mass is 10.3. The molecule has 1 amide bonds. The van der Waals surface area contributed by atoms with E-state index >= 15 is 0 Å². The SMILES string of the molecule is CCCc1nc(C(=O)N(C)CCCN(C)C)n[nH]1. The number of carbonyl (C=O) groups excluding carboxylic acids is 1. The van der Waals surface area contributed by atoms with Gasteiger partial charge in [0.05, 0.1) is 0 Å². The van der Waals surface area contributed by atoms with Gasteiger partial charge < -0.3 is 9.80 Å². The van der Waals surface area contributed by atoms with Crippen LogP contribution in [0.5, 0.6) is 0 Å². The van der Waals surface area contributed by atoms with Crippen LogP contribution in [0.25, 0.3) is 0 Å². The maximum atomic E-state index is 12.0. The predicted octanol–water partition coefficient (Wildman–Crippen LogP) is 0.781. The first-order valence-electron chi connectivity index (χ1n) is 6.36. The second-order valence-electron chi connectivity index (χ2n) is 4.74. The zero-order valence-corrected chi connectivity index (χ0v) is 11.7. The number of aromatic amines is 1. The summed E-state index contributed by atoms with van der Waals surface area (Å²) in [6.45, 7) is 3.75. The molecule has 0 saturated carbocycles. The molecular formula is C12H23N5O. The van der Waals surface area contributed by atoms with Crippen LogP contribution in [0.2, 0.25) is 0 Å². The molecule has 0 fully saturated rings. The van der Waals surface area contributed by atoms with Crippen molar-refractivity contribution in [2.45, 2.75) is 26.2 Å². The van der Waals surface area contributed by atoms with Crippen LogP contribution in [0.3, 0.4) is 0 Å². The minimum absolute atomic E-state index is 0.118. The molecule has 0 bridgehead atoms. The predicted molar refractivity (Wildman–Crippen MR) is 70.5 cm³/mol. The Morgan fingerprint density at radius 1 is 1.28 bits per heavy atom. The average molecular weight is 253 g/mol. The Balaban J connectivity index is 2.46. The number of hydrogen-bond donors (Lipinski definition) is 1. The Hall–Kier alpha value is -1.43. The lowest BCUT2D eigenvalue weighted by Gasteiger charge is -2.16. The van der Waals surface area contributed by atoms with Crippen LogP contribution in [-0.4, -0.2) is 65.1 Å². The van der Waals surface area contributed by atoms with E-state index in [1.807, 2.05) is 14.1 Å². The molecule has 1 N–H and O–H groups in total. The van der Waals surface area contributed by atoms with Crippen LogP contribution in [0.4, 0.5) is 0 Å². The summed E-state index contributed by atoms with van der Waals surface area (Å²) in [5, 5.41) is 6.76. The van der Waals surface area contributed by atoms with E-state index in [1.165, 1.54) is 0 Å². The summed E-state index contributed by atoms with van der Waals surface area (Å²) in [6, 6.07) is 0. The first kappa shape index (κ1) is 14.6. The van der Waals surface area contributed by atoms with Crippen molar-refractivity contribution in [2.75, 3.05) is 34.2 Å². The van der Waals surface area contributed by atoms with Gasteiger partial charge in [-0.2, -0.15) is 0 Å². The summed E-state index contributed by atoms with van der Waals surface area (Å²) < 4.78 is 0. The minimum Gasteiger partial charge on any atom is -0.339 e. The molecule has 1 aromatic heterocycles. The monoisotopic (exact) mass is 253 g/mol. The zero-order valence-electron chi connectivity index (χ0n) is 11.7. The molecule has 1 aromatic rings. The van der Waals surface area contributed by atoms with E-state index in [9.17, 15) is 4.79 Å². The standard InChI is InChI=1S/C12H23N5O/c1-5-7-10-13-11(15-14-10)12(18)17(4)9-6-8-16(2)3/h5-9H2,1-4H3,(H,13,14,15). The number of hydrogen-bond acceptors (Lipinski definition) is 4. The van der Waals surface area contributed by atoms with Gasteiger partial charge in [-0.15, -0.1) is 5.10 Å². The molecule has 0 radical (unpaired) electrons. The second kappa shape index (κ2) is 7.10. The van der Waals surface area contributed by atoms with Gasteiger partial charge in [-0.25, -0.2) is 4.98 Å². The van der Waals surface area contributed by atoms with Gasteiger partial charge in [0, 0.05) is 20.0 Å². The van der Waals surface area contributed by atoms with Gasteiger partial charge in [0.1, 0.15) is 5.82 Å². The molecule has 6 heteroatoms. The van der Waals surface area contributed by atoms with E-state index in [2.05, 4.69) is 27.0 Å². The zero-order chi connectivity index (χ0) is 13.5. The fourth-order valence-electron chi connectivity index (χ4n) is 1.64. The maximum Gasteiger partial charge on any atom is 0.293 e. The summed E-state index contributed by atoms with van der Waals surface area (Å²) in [7, 11) is 5.83. The molecule has 102 valence electrons. The van der Waals surface area contributed by atoms with Crippen molar-refractivity contribution in [2.24, 2.45) is 0 Å². The molecule has 6 nitrogen and oxygen atoms in total. The van der Waals surface area contributed by atoms with Gasteiger partial charge in [0.2, 0.25) is 5.82 Å². The summed E-state index contributed by atoms with van der Waals surface area (Å²) in [5.74, 6) is 0.931. The van der Waals surface area contributed by atoms with Gasteiger partial charge in [0.15, 0.2) is 0 Å². The highest BCUT2D eigenvalue weighted by Crippen LogP contribution is 2.01. The molecule has 0 saturated heterocycles. The van der Waals surface area contributed by atoms with Crippen molar-refractivity contribution < 1.29 is 4.79 Å². The van der Waals surface area contributed by atoms with Gasteiger partial charge in [-0.3, -0.25) is 9.89 Å². The Morgan fingerprint density at radius 2 is 2.00 bits per heavy atom. The van der Waals surface area contributed by atoms with Crippen LogP contribution < -0.4 is 0 Å². The van der Waals surface area contributed by atoms with E-state index in [-0.39, 0.29) is 11.7 Å². The van der Waals surface area contributed by atoms with E-state index in [0.717, 1.165) is 31.6 Å². The van der Waals surface area contributed by atoms with Gasteiger partial charge in [-0.05, 0) is 33.5 Å². The number of nitrogens with zero attached hydrogens (tertiary/aromatic N) is 4. The number of nitrogens with one attached hydrogen (secondary N) is 1. The number of carbonyl (C=O) groups is 1. The van der Waals surface area contributed by atoms with Gasteiger partial charge >= 0.3 is 0 Å². The third-order valence-corrected chi connectivity index (χ3v) is 2.66. The van der Waals surface area contributed by atoms with Crippen molar-refractivity contribution in [3.05, 3.63) is 11.6 Å². The molecule has 0 aromatic carbocycles. The average Bonchev–Trinajstić information content (AvgIpc) is 2.76. The number of amides is 1. The molecule has 0 aliphatic heterocycles. The third kappa shape index (κ3) is 4.44. The first-order chi connectivity index (χ1) is 8.54. The number of H-pyrrole nitrogens is 1. The third-order valence-electron chi connectivity index (χ3n) is 2.66. The van der Waals surface area contributed by atoms with Crippen LogP contribution in [-0.2, 0) is 6.42 Å². The van der Waals surface area contributed by atoms with Crippen LogP contribution in [0, 0.1) is 0 Å². The Labute approximate surface area is 108 Å². The van der Waals surface area contributed by atoms with Crippen molar-refractivity contribution in [1.29, 1.82) is 0 Å². The molecule has 18 heavy (non-hydrogen) atoms. The molecule has 1 rings (SSSR count). The van der Waals surface area contributed by atoms with Crippen LogP contribution in [0.15, 0.2) is 0 Å².